The Morgan fingerprint density at radius 3 is 2.41 bits per heavy atom. The van der Waals surface area contributed by atoms with Crippen LogP contribution < -0.4 is 14.4 Å². The number of methoxy groups -OCH3 is 1. The number of hydrogen-bond acceptors (Lipinski definition) is 6. The van der Waals surface area contributed by atoms with E-state index in [0.29, 0.717) is 11.0 Å². The summed E-state index contributed by atoms with van der Waals surface area (Å²) in [6.07, 6.45) is -0.294. The van der Waals surface area contributed by atoms with Crippen molar-refractivity contribution in [2.45, 2.75) is 18.2 Å². The summed E-state index contributed by atoms with van der Waals surface area (Å²) in [4.78, 5) is 14.1. The topological polar surface area (TPSA) is 69.5 Å². The molecule has 7 nitrogen and oxygen atoms in total. The third kappa shape index (κ3) is 5.08. The molecule has 0 fully saturated rings. The van der Waals surface area contributed by atoms with E-state index < -0.39 is 0 Å². The fourth-order valence-electron chi connectivity index (χ4n) is 2.74. The summed E-state index contributed by atoms with van der Waals surface area (Å²) < 4.78 is 13.0. The average molecular weight is 413 g/mol. The van der Waals surface area contributed by atoms with Gasteiger partial charge in [0.2, 0.25) is 5.91 Å². The molecule has 0 saturated carbocycles. The molecule has 1 aromatic heterocycles. The highest BCUT2D eigenvalue weighted by Crippen LogP contribution is 2.25. The van der Waals surface area contributed by atoms with E-state index in [9.17, 15) is 4.79 Å². The van der Waals surface area contributed by atoms with Crippen molar-refractivity contribution < 1.29 is 14.3 Å². The summed E-state index contributed by atoms with van der Waals surface area (Å²) >= 11 is 1.35. The first-order chi connectivity index (χ1) is 14.0. The van der Waals surface area contributed by atoms with Crippen molar-refractivity contribution in [3.63, 3.8) is 0 Å². The molecule has 152 valence electrons. The smallest absolute Gasteiger partial charge is 0.237 e. The van der Waals surface area contributed by atoms with Gasteiger partial charge in [-0.05, 0) is 43.3 Å². The zero-order valence-corrected chi connectivity index (χ0v) is 17.7. The highest BCUT2D eigenvalue weighted by atomic mass is 32.2. The zero-order chi connectivity index (χ0) is 20.8. The van der Waals surface area contributed by atoms with E-state index in [1.807, 2.05) is 73.1 Å². The van der Waals surface area contributed by atoms with Crippen molar-refractivity contribution in [2.24, 2.45) is 7.05 Å². The Kier molecular flexibility index (Phi) is 6.77. The van der Waals surface area contributed by atoms with Gasteiger partial charge in [-0.1, -0.05) is 30.0 Å². The maximum atomic E-state index is 12.5. The third-order valence-corrected chi connectivity index (χ3v) is 5.45. The fourth-order valence-corrected chi connectivity index (χ4v) is 3.57. The van der Waals surface area contributed by atoms with Crippen molar-refractivity contribution >= 4 is 23.4 Å². The van der Waals surface area contributed by atoms with Gasteiger partial charge in [-0.2, -0.15) is 0 Å². The number of carbonyl (C=O) groups excluding carboxylic acids is 1. The molecule has 0 spiro atoms. The number of benzene rings is 2. The predicted octanol–water partition coefficient (Wildman–Crippen LogP) is 3.72. The quantitative estimate of drug-likeness (QED) is 0.525. The minimum absolute atomic E-state index is 0.00622. The number of para-hydroxylation sites is 1. The van der Waals surface area contributed by atoms with Crippen LogP contribution in [0.5, 0.6) is 11.5 Å². The molecule has 1 heterocycles. The minimum atomic E-state index is -0.294. The molecular formula is C21H24N4O3S. The average Bonchev–Trinajstić information content (AvgIpc) is 3.13. The standard InChI is InChI=1S/C21H24N4O3S/c1-15(28-18-12-10-17(27-4)11-13-18)20-22-23-21(25(20)3)29-14-19(26)24(2)16-8-6-5-7-9-16/h5-13,15H,14H2,1-4H3. The summed E-state index contributed by atoms with van der Waals surface area (Å²) in [6, 6.07) is 16.9. The molecule has 1 unspecified atom stereocenters. The summed E-state index contributed by atoms with van der Waals surface area (Å²) in [5.74, 6) is 2.44. The Morgan fingerprint density at radius 1 is 1.10 bits per heavy atom. The molecule has 0 aliphatic heterocycles. The molecule has 0 saturated heterocycles. The molecule has 2 aromatic carbocycles. The maximum Gasteiger partial charge on any atom is 0.237 e. The normalized spacial score (nSPS) is 11.7. The van der Waals surface area contributed by atoms with Crippen LogP contribution in [0, 0.1) is 0 Å². The molecule has 3 aromatic rings. The van der Waals surface area contributed by atoms with Crippen LogP contribution in [0.4, 0.5) is 5.69 Å². The number of ether oxygens (including phenoxy) is 2. The highest BCUT2D eigenvalue weighted by molar-refractivity contribution is 7.99. The van der Waals surface area contributed by atoms with Gasteiger partial charge in [-0.3, -0.25) is 4.79 Å². The van der Waals surface area contributed by atoms with Gasteiger partial charge in [0.1, 0.15) is 11.5 Å². The number of rotatable bonds is 8. The van der Waals surface area contributed by atoms with Crippen LogP contribution >= 0.6 is 11.8 Å². The van der Waals surface area contributed by atoms with Crippen LogP contribution in [0.15, 0.2) is 59.8 Å². The second-order valence-electron chi connectivity index (χ2n) is 6.41. The van der Waals surface area contributed by atoms with Crippen molar-refractivity contribution in [1.29, 1.82) is 0 Å². The number of aromatic nitrogens is 3. The van der Waals surface area contributed by atoms with Crippen LogP contribution in [0.3, 0.4) is 0 Å². The number of amides is 1. The van der Waals surface area contributed by atoms with E-state index in [-0.39, 0.29) is 17.8 Å². The number of anilines is 1. The summed E-state index contributed by atoms with van der Waals surface area (Å²) in [5, 5.41) is 9.13. The molecule has 0 N–H and O–H groups in total. The Labute approximate surface area is 174 Å². The SMILES string of the molecule is COc1ccc(OC(C)c2nnc(SCC(=O)N(C)c3ccccc3)n2C)cc1. The fraction of sp³-hybridized carbons (Fsp3) is 0.286. The first kappa shape index (κ1) is 20.7. The molecule has 8 heteroatoms. The first-order valence-corrected chi connectivity index (χ1v) is 10.1. The molecule has 1 atom stereocenters. The largest absolute Gasteiger partial charge is 0.497 e. The summed E-state index contributed by atoms with van der Waals surface area (Å²) in [5.41, 5.74) is 0.860. The Hall–Kier alpha value is -3.00. The van der Waals surface area contributed by atoms with E-state index in [1.54, 1.807) is 19.1 Å². The maximum absolute atomic E-state index is 12.5. The van der Waals surface area contributed by atoms with Gasteiger partial charge in [-0.15, -0.1) is 10.2 Å². The van der Waals surface area contributed by atoms with Gasteiger partial charge in [0.15, 0.2) is 17.1 Å². The van der Waals surface area contributed by atoms with Gasteiger partial charge in [0, 0.05) is 19.8 Å². The van der Waals surface area contributed by atoms with E-state index in [2.05, 4.69) is 10.2 Å². The number of carbonyl (C=O) groups is 1. The number of thioether (sulfide) groups is 1. The minimum Gasteiger partial charge on any atom is -0.497 e. The first-order valence-electron chi connectivity index (χ1n) is 9.14. The van der Waals surface area contributed by atoms with Crippen molar-refractivity contribution in [1.82, 2.24) is 14.8 Å². The van der Waals surface area contributed by atoms with E-state index in [4.69, 9.17) is 9.47 Å². The lowest BCUT2D eigenvalue weighted by atomic mass is 10.3. The van der Waals surface area contributed by atoms with Gasteiger partial charge in [0.05, 0.1) is 12.9 Å². The van der Waals surface area contributed by atoms with E-state index >= 15 is 0 Å². The molecule has 29 heavy (non-hydrogen) atoms. The number of nitrogens with zero attached hydrogens (tertiary/aromatic N) is 4. The number of hydrogen-bond donors (Lipinski definition) is 0. The van der Waals surface area contributed by atoms with Crippen LogP contribution in [0.25, 0.3) is 0 Å². The lowest BCUT2D eigenvalue weighted by molar-refractivity contribution is -0.115. The Bertz CT molecular complexity index is 944. The van der Waals surface area contributed by atoms with E-state index in [0.717, 1.165) is 17.2 Å². The van der Waals surface area contributed by atoms with Gasteiger partial charge in [0.25, 0.3) is 0 Å². The predicted molar refractivity (Wildman–Crippen MR) is 114 cm³/mol. The second kappa shape index (κ2) is 9.47. The van der Waals surface area contributed by atoms with Crippen LogP contribution in [-0.2, 0) is 11.8 Å². The van der Waals surface area contributed by atoms with Crippen molar-refractivity contribution in [3.05, 3.63) is 60.4 Å². The van der Waals surface area contributed by atoms with Gasteiger partial charge >= 0.3 is 0 Å². The van der Waals surface area contributed by atoms with Crippen LogP contribution in [0.2, 0.25) is 0 Å². The lowest BCUT2D eigenvalue weighted by Gasteiger charge is -2.17. The second-order valence-corrected chi connectivity index (χ2v) is 7.35. The molecule has 1 amide bonds. The molecule has 0 bridgehead atoms. The zero-order valence-electron chi connectivity index (χ0n) is 16.9. The highest BCUT2D eigenvalue weighted by Gasteiger charge is 2.19. The van der Waals surface area contributed by atoms with Crippen molar-refractivity contribution in [3.8, 4) is 11.5 Å². The van der Waals surface area contributed by atoms with Crippen LogP contribution in [-0.4, -0.2) is 40.6 Å². The van der Waals surface area contributed by atoms with Crippen LogP contribution in [0.1, 0.15) is 18.9 Å². The summed E-state index contributed by atoms with van der Waals surface area (Å²) in [7, 11) is 5.27. The summed E-state index contributed by atoms with van der Waals surface area (Å²) in [6.45, 7) is 1.91. The third-order valence-electron chi connectivity index (χ3n) is 4.45. The molecule has 3 rings (SSSR count). The Morgan fingerprint density at radius 2 is 1.76 bits per heavy atom. The van der Waals surface area contributed by atoms with Gasteiger partial charge in [-0.25, -0.2) is 0 Å². The molecular weight excluding hydrogens is 388 g/mol. The van der Waals surface area contributed by atoms with Gasteiger partial charge < -0.3 is 18.9 Å². The molecule has 0 aliphatic rings. The molecule has 0 aliphatic carbocycles. The molecule has 0 radical (unpaired) electrons. The van der Waals surface area contributed by atoms with E-state index in [1.165, 1.54) is 11.8 Å². The lowest BCUT2D eigenvalue weighted by Crippen LogP contribution is -2.27. The monoisotopic (exact) mass is 412 g/mol. The van der Waals surface area contributed by atoms with Crippen molar-refractivity contribution in [2.75, 3.05) is 24.8 Å². The Balaban J connectivity index is 1.60.